The minimum Gasteiger partial charge on any atom is -0.872 e. The predicted octanol–water partition coefficient (Wildman–Crippen LogP) is -8.53. The molecule has 5 aromatic rings. The Hall–Kier alpha value is -0.930. The molecule has 0 atom stereocenters. The second-order valence-corrected chi connectivity index (χ2v) is 17.4. The summed E-state index contributed by atoms with van der Waals surface area (Å²) in [6.45, 7) is 1.06. The molecule has 0 fully saturated rings. The summed E-state index contributed by atoms with van der Waals surface area (Å²) in [5, 5.41) is 39.6. The van der Waals surface area contributed by atoms with Crippen molar-refractivity contribution in [3.63, 3.8) is 0 Å². The van der Waals surface area contributed by atoms with E-state index in [9.17, 15) is 62.1 Å². The molecule has 1 heterocycles. The van der Waals surface area contributed by atoms with Gasteiger partial charge >= 0.3 is 118 Å². The quantitative estimate of drug-likeness (QED) is 0.0479. The molecule has 0 aliphatic carbocycles. The maximum Gasteiger partial charge on any atom is 1.00 e. The summed E-state index contributed by atoms with van der Waals surface area (Å²) in [5.41, 5.74) is -0.971. The van der Waals surface area contributed by atoms with Crippen molar-refractivity contribution in [2.24, 2.45) is 20.5 Å². The first kappa shape index (κ1) is 55.1. The Balaban J connectivity index is 0.00000420. The molecule has 0 spiro atoms. The number of thiazole rings is 1. The van der Waals surface area contributed by atoms with E-state index >= 15 is 0 Å². The maximum absolute atomic E-state index is 13.4. The average Bonchev–Trinajstić information content (AvgIpc) is 3.46. The van der Waals surface area contributed by atoms with Crippen LogP contribution in [0, 0.1) is 6.92 Å². The van der Waals surface area contributed by atoms with Gasteiger partial charge in [0.25, 0.3) is 20.2 Å². The van der Waals surface area contributed by atoms with Crippen LogP contribution >= 0.6 is 11.3 Å². The molecular formula is C28H21N5Na4O16S5. The molecule has 1 aromatic heterocycles. The van der Waals surface area contributed by atoms with E-state index in [1.54, 1.807) is 0 Å². The van der Waals surface area contributed by atoms with E-state index in [4.69, 9.17) is 9.47 Å². The van der Waals surface area contributed by atoms with Crippen LogP contribution in [0.4, 0.5) is 22.2 Å². The van der Waals surface area contributed by atoms with Crippen molar-refractivity contribution in [2.45, 2.75) is 28.0 Å². The first-order valence-corrected chi connectivity index (χ1v) is 21.1. The molecule has 21 nitrogen and oxygen atoms in total. The Morgan fingerprint density at radius 1 is 0.759 bits per heavy atom. The van der Waals surface area contributed by atoms with Crippen LogP contribution in [0.2, 0.25) is 0 Å². The molecule has 0 saturated carbocycles. The Kier molecular flexibility index (Phi) is 20.4. The van der Waals surface area contributed by atoms with E-state index < -0.39 is 95.5 Å². The molecule has 4 aromatic carbocycles. The first-order chi connectivity index (χ1) is 25.0. The molecule has 2 N–H and O–H groups in total. The third-order valence-electron chi connectivity index (χ3n) is 7.17. The molecule has 5 rings (SSSR count). The molecule has 0 saturated heterocycles. The standard InChI is InChI=1S/C28H25N5O16S5.4Na/c1-13-10-18(31-32-23-22(52(39,40)41)11-15-14(24(23)35)4-6-19(34)26(15)53(42,43)44)21(49-8-3-9-51(36,37)38)12-17(13)30-33-28-29-16-5-7-20(48-2)27(25(16)50-28)54(45,46)47;;;;/h4-7,10-12,34-35H,3,8-9H2,1-2H3,(H,36,37,38)(H,39,40,41)(H,42,43,44)(H,45,46,47);;;;/q;4*+1/p-4. The fraction of sp³-hybridized carbons (Fsp3) is 0.179. The maximum atomic E-state index is 13.4. The van der Waals surface area contributed by atoms with E-state index in [1.165, 1.54) is 38.3 Å². The van der Waals surface area contributed by atoms with Gasteiger partial charge in [0.15, 0.2) is 4.90 Å². The fourth-order valence-electron chi connectivity index (χ4n) is 4.88. The van der Waals surface area contributed by atoms with Gasteiger partial charge in [0.1, 0.15) is 27.3 Å². The molecule has 58 heavy (non-hydrogen) atoms. The zero-order valence-electron chi connectivity index (χ0n) is 31.0. The van der Waals surface area contributed by atoms with Gasteiger partial charge in [-0.25, -0.2) is 21.8 Å². The Morgan fingerprint density at radius 3 is 1.95 bits per heavy atom. The Morgan fingerprint density at radius 2 is 1.38 bits per heavy atom. The van der Waals surface area contributed by atoms with Crippen LogP contribution in [-0.4, -0.2) is 76.3 Å². The van der Waals surface area contributed by atoms with E-state index in [-0.39, 0.29) is 168 Å². The second kappa shape index (κ2) is 21.4. The third-order valence-corrected chi connectivity index (χ3v) is 11.8. The number of fused-ring (bicyclic) bond motifs is 2. The van der Waals surface area contributed by atoms with Crippen LogP contribution in [0.5, 0.6) is 23.0 Å². The van der Waals surface area contributed by atoms with Crippen molar-refractivity contribution < 1.29 is 190 Å². The van der Waals surface area contributed by atoms with Gasteiger partial charge in [-0.2, -0.15) is 16.8 Å². The fourth-order valence-corrected chi connectivity index (χ4v) is 8.76. The zero-order valence-corrected chi connectivity index (χ0v) is 43.1. The molecule has 0 radical (unpaired) electrons. The average molecular weight is 936 g/mol. The van der Waals surface area contributed by atoms with E-state index in [0.717, 1.165) is 17.4 Å². The van der Waals surface area contributed by atoms with Gasteiger partial charge in [-0.3, -0.25) is 9.11 Å². The van der Waals surface area contributed by atoms with Crippen LogP contribution in [0.1, 0.15) is 12.0 Å². The minimum absolute atomic E-state index is 0. The predicted molar refractivity (Wildman–Crippen MR) is 181 cm³/mol. The van der Waals surface area contributed by atoms with Crippen molar-refractivity contribution >= 4 is 95.0 Å². The van der Waals surface area contributed by atoms with Crippen LogP contribution in [0.25, 0.3) is 21.0 Å². The molecule has 0 bridgehead atoms. The smallest absolute Gasteiger partial charge is 0.872 e. The molecule has 0 amide bonds. The molecule has 0 aliphatic rings. The van der Waals surface area contributed by atoms with Gasteiger partial charge in [-0.05, 0) is 48.6 Å². The number of hydrogen-bond acceptors (Lipinski definition) is 20. The van der Waals surface area contributed by atoms with Crippen LogP contribution < -0.4 is 138 Å². The number of aromatic nitrogens is 1. The van der Waals surface area contributed by atoms with Crippen molar-refractivity contribution in [3.8, 4) is 23.0 Å². The summed E-state index contributed by atoms with van der Waals surface area (Å²) in [4.78, 5) is 0.889. The number of rotatable bonds is 13. The van der Waals surface area contributed by atoms with Gasteiger partial charge in [0.05, 0.1) is 55.2 Å². The van der Waals surface area contributed by atoms with Gasteiger partial charge in [0.2, 0.25) is 5.13 Å². The van der Waals surface area contributed by atoms with Gasteiger partial charge in [-0.1, -0.05) is 35.0 Å². The summed E-state index contributed by atoms with van der Waals surface area (Å²) < 4.78 is 148. The minimum atomic E-state index is -5.63. The van der Waals surface area contributed by atoms with Crippen molar-refractivity contribution in [1.29, 1.82) is 0 Å². The number of aryl methyl sites for hydroxylation is 1. The molecule has 0 aliphatic heterocycles. The summed E-state index contributed by atoms with van der Waals surface area (Å²) in [7, 11) is -19.2. The largest absolute Gasteiger partial charge is 1.00 e. The normalized spacial score (nSPS) is 12.2. The number of hydrogen-bond donors (Lipinski definition) is 2. The second-order valence-electron chi connectivity index (χ2n) is 10.9. The van der Waals surface area contributed by atoms with Crippen LogP contribution in [0.15, 0.2) is 77.6 Å². The number of azo groups is 2. The van der Waals surface area contributed by atoms with Gasteiger partial charge in [0, 0.05) is 17.2 Å². The van der Waals surface area contributed by atoms with E-state index in [2.05, 4.69) is 25.4 Å². The van der Waals surface area contributed by atoms with Gasteiger partial charge < -0.3 is 28.8 Å². The Labute approximate surface area is 422 Å². The van der Waals surface area contributed by atoms with Crippen molar-refractivity contribution in [2.75, 3.05) is 19.5 Å². The summed E-state index contributed by atoms with van der Waals surface area (Å²) in [6, 6.07) is 6.92. The van der Waals surface area contributed by atoms with E-state index in [1.807, 2.05) is 0 Å². The van der Waals surface area contributed by atoms with Crippen molar-refractivity contribution in [3.05, 3.63) is 48.0 Å². The third kappa shape index (κ3) is 13.1. The number of nitrogens with zero attached hydrogens (tertiary/aromatic N) is 5. The SMILES string of the molecule is COc1ccc2nc(N=Nc3cc(OCCCS(=O)(=O)[O-])c(N=Nc4c(S(=O)(=O)[O-])cc5c(S(=O)(=O)O)c([O-])ccc5c4[O-])cc3C)sc2c1S(=O)(=O)O.[Na+].[Na+].[Na+].[Na+]. The number of methoxy groups -OCH3 is 1. The van der Waals surface area contributed by atoms with Crippen LogP contribution in [-0.2, 0) is 40.5 Å². The molecule has 0 unspecified atom stereocenters. The number of benzene rings is 4. The monoisotopic (exact) mass is 935 g/mol. The first-order valence-electron chi connectivity index (χ1n) is 14.4. The summed E-state index contributed by atoms with van der Waals surface area (Å²) in [6.07, 6.45) is -0.315. The summed E-state index contributed by atoms with van der Waals surface area (Å²) >= 11 is 0.735. The number of ether oxygens (including phenoxy) is 2. The molecular weight excluding hydrogens is 915 g/mol. The van der Waals surface area contributed by atoms with Crippen LogP contribution in [0.3, 0.4) is 0 Å². The van der Waals surface area contributed by atoms with Crippen molar-refractivity contribution in [1.82, 2.24) is 4.98 Å². The molecule has 288 valence electrons. The van der Waals surface area contributed by atoms with E-state index in [0.29, 0.717) is 12.1 Å². The summed E-state index contributed by atoms with van der Waals surface area (Å²) in [5.74, 6) is -3.91. The molecule has 30 heteroatoms. The topological polar surface area (TPSA) is 350 Å². The Bertz CT molecular complexity index is 2880. The van der Waals surface area contributed by atoms with Gasteiger partial charge in [-0.15, -0.1) is 20.5 Å². The zero-order chi connectivity index (χ0) is 40.0.